The molecule has 1 aromatic heterocycles. The third-order valence-corrected chi connectivity index (χ3v) is 5.52. The largest absolute Gasteiger partial charge is 0.494 e. The highest BCUT2D eigenvalue weighted by Gasteiger charge is 2.11. The molecule has 2 heterocycles. The predicted octanol–water partition coefficient (Wildman–Crippen LogP) is 5.02. The summed E-state index contributed by atoms with van der Waals surface area (Å²) in [7, 11) is 6.30. The Labute approximate surface area is 203 Å². The highest BCUT2D eigenvalue weighted by atomic mass is 16.5. The van der Waals surface area contributed by atoms with Crippen LogP contribution in [0.2, 0.25) is 0 Å². The molecule has 3 rings (SSSR count). The van der Waals surface area contributed by atoms with E-state index in [0.29, 0.717) is 25.8 Å². The first-order chi connectivity index (χ1) is 16.5. The lowest BCUT2D eigenvalue weighted by Gasteiger charge is -2.25. The first-order valence-electron chi connectivity index (χ1n) is 11.8. The number of likely N-dealkylation sites (N-methyl/N-ethyl adjacent to an activating group) is 2. The molecule has 0 amide bonds. The SMILES string of the molecule is C/C=C1\C=C(/C)c2ccnc(n2)Nc2ccc(N(C)CCN(C)C)c(c2)COC/C=C/CCO1. The van der Waals surface area contributed by atoms with Crippen LogP contribution in [0.5, 0.6) is 0 Å². The van der Waals surface area contributed by atoms with Gasteiger partial charge < -0.3 is 24.6 Å². The zero-order valence-corrected chi connectivity index (χ0v) is 21.0. The van der Waals surface area contributed by atoms with Crippen LogP contribution in [0.25, 0.3) is 5.57 Å². The van der Waals surface area contributed by atoms with Gasteiger partial charge in [-0.3, -0.25) is 0 Å². The average Bonchev–Trinajstić information content (AvgIpc) is 2.83. The van der Waals surface area contributed by atoms with Gasteiger partial charge in [-0.05, 0) is 76.4 Å². The molecule has 34 heavy (non-hydrogen) atoms. The van der Waals surface area contributed by atoms with Crippen molar-refractivity contribution in [1.82, 2.24) is 14.9 Å². The number of hydrogen-bond donors (Lipinski definition) is 1. The van der Waals surface area contributed by atoms with E-state index in [9.17, 15) is 0 Å². The van der Waals surface area contributed by atoms with Gasteiger partial charge in [0.15, 0.2) is 0 Å². The molecule has 0 atom stereocenters. The number of nitrogens with zero attached hydrogens (tertiary/aromatic N) is 4. The molecule has 1 N–H and O–H groups in total. The normalized spacial score (nSPS) is 18.8. The van der Waals surface area contributed by atoms with Gasteiger partial charge in [-0.1, -0.05) is 12.2 Å². The van der Waals surface area contributed by atoms with Crippen molar-refractivity contribution in [1.29, 1.82) is 0 Å². The Hall–Kier alpha value is -3.16. The Morgan fingerprint density at radius 3 is 2.76 bits per heavy atom. The number of hydrogen-bond acceptors (Lipinski definition) is 7. The lowest BCUT2D eigenvalue weighted by molar-refractivity contribution is 0.148. The minimum Gasteiger partial charge on any atom is -0.494 e. The monoisotopic (exact) mass is 463 g/mol. The van der Waals surface area contributed by atoms with Gasteiger partial charge >= 0.3 is 0 Å². The molecule has 0 radical (unpaired) electrons. The highest BCUT2D eigenvalue weighted by molar-refractivity contribution is 5.66. The molecule has 0 fully saturated rings. The van der Waals surface area contributed by atoms with Crippen LogP contribution in [0.4, 0.5) is 17.3 Å². The molecule has 0 spiro atoms. The Morgan fingerprint density at radius 1 is 1.12 bits per heavy atom. The summed E-state index contributed by atoms with van der Waals surface area (Å²) in [5.41, 5.74) is 5.07. The van der Waals surface area contributed by atoms with Crippen molar-refractivity contribution in [2.75, 3.05) is 57.7 Å². The summed E-state index contributed by atoms with van der Waals surface area (Å²) in [5, 5.41) is 3.36. The van der Waals surface area contributed by atoms with E-state index in [0.717, 1.165) is 53.5 Å². The fraction of sp³-hybridized carbons (Fsp3) is 0.407. The summed E-state index contributed by atoms with van der Waals surface area (Å²) >= 11 is 0. The minimum absolute atomic E-state index is 0.517. The van der Waals surface area contributed by atoms with Crippen molar-refractivity contribution in [3.05, 3.63) is 71.8 Å². The molecular formula is C27H37N5O2. The number of nitrogens with one attached hydrogen (secondary N) is 1. The Morgan fingerprint density at radius 2 is 1.97 bits per heavy atom. The van der Waals surface area contributed by atoms with Crippen LogP contribution in [0.1, 0.15) is 31.5 Å². The van der Waals surface area contributed by atoms with Crippen molar-refractivity contribution in [2.45, 2.75) is 26.9 Å². The number of fused-ring (bicyclic) bond motifs is 4. The maximum Gasteiger partial charge on any atom is 0.227 e. The van der Waals surface area contributed by atoms with Crippen LogP contribution in [0, 0.1) is 0 Å². The second-order valence-electron chi connectivity index (χ2n) is 8.60. The van der Waals surface area contributed by atoms with E-state index in [-0.39, 0.29) is 0 Å². The van der Waals surface area contributed by atoms with E-state index in [2.05, 4.69) is 71.6 Å². The van der Waals surface area contributed by atoms with E-state index in [4.69, 9.17) is 14.5 Å². The predicted molar refractivity (Wildman–Crippen MR) is 140 cm³/mol. The summed E-state index contributed by atoms with van der Waals surface area (Å²) in [6.07, 6.45) is 10.7. The van der Waals surface area contributed by atoms with E-state index < -0.39 is 0 Å². The maximum absolute atomic E-state index is 5.99. The summed E-state index contributed by atoms with van der Waals surface area (Å²) in [5.74, 6) is 1.38. The van der Waals surface area contributed by atoms with Gasteiger partial charge in [-0.15, -0.1) is 0 Å². The van der Waals surface area contributed by atoms with E-state index in [1.54, 1.807) is 6.20 Å². The van der Waals surface area contributed by atoms with Gasteiger partial charge in [-0.2, -0.15) is 0 Å². The average molecular weight is 464 g/mol. The number of allylic oxidation sites excluding steroid dienone is 3. The lowest BCUT2D eigenvalue weighted by Crippen LogP contribution is -2.29. The number of benzene rings is 1. The standard InChI is InChI=1S/C27H37N5O2/c1-6-24-18-21(2)25-12-13-28-27(30-25)29-23-10-11-26(32(5)15-14-31(3)4)22(19-23)20-33-16-8-7-9-17-34-24/h6-8,10-13,18-19H,9,14-17,20H2,1-5H3,(H,28,29,30)/b8-7+,21-18+,24-6+. The van der Waals surface area contributed by atoms with Crippen molar-refractivity contribution in [3.8, 4) is 0 Å². The molecule has 0 aliphatic carbocycles. The molecule has 4 bridgehead atoms. The highest BCUT2D eigenvalue weighted by Crippen LogP contribution is 2.26. The molecular weight excluding hydrogens is 426 g/mol. The number of rotatable bonds is 4. The molecule has 7 nitrogen and oxygen atoms in total. The smallest absolute Gasteiger partial charge is 0.227 e. The zero-order valence-electron chi connectivity index (χ0n) is 21.0. The van der Waals surface area contributed by atoms with Crippen molar-refractivity contribution < 1.29 is 9.47 Å². The van der Waals surface area contributed by atoms with Crippen LogP contribution in [-0.4, -0.2) is 62.3 Å². The summed E-state index contributed by atoms with van der Waals surface area (Å²) in [6, 6.07) is 8.23. The fourth-order valence-corrected chi connectivity index (χ4v) is 3.55. The Kier molecular flexibility index (Phi) is 9.67. The molecule has 0 saturated heterocycles. The second-order valence-corrected chi connectivity index (χ2v) is 8.60. The van der Waals surface area contributed by atoms with Gasteiger partial charge in [0.05, 0.1) is 25.5 Å². The van der Waals surface area contributed by atoms with Gasteiger partial charge in [0, 0.05) is 43.3 Å². The van der Waals surface area contributed by atoms with Crippen molar-refractivity contribution in [2.24, 2.45) is 0 Å². The van der Waals surface area contributed by atoms with Crippen molar-refractivity contribution >= 4 is 22.9 Å². The Bertz CT molecular complexity index is 1030. The first kappa shape index (κ1) is 25.5. The Balaban J connectivity index is 1.91. The topological polar surface area (TPSA) is 62.8 Å². The van der Waals surface area contributed by atoms with Crippen LogP contribution in [0.15, 0.2) is 60.5 Å². The first-order valence-corrected chi connectivity index (χ1v) is 11.8. The quantitative estimate of drug-likeness (QED) is 0.639. The van der Waals surface area contributed by atoms with Gasteiger partial charge in [-0.25, -0.2) is 9.97 Å². The molecule has 0 unspecified atom stereocenters. The molecule has 1 aliphatic rings. The zero-order chi connectivity index (χ0) is 24.3. The molecule has 0 saturated carbocycles. The molecule has 2 aromatic rings. The van der Waals surface area contributed by atoms with Crippen molar-refractivity contribution in [3.63, 3.8) is 0 Å². The van der Waals surface area contributed by atoms with Crippen LogP contribution in [-0.2, 0) is 16.1 Å². The van der Waals surface area contributed by atoms with Gasteiger partial charge in [0.25, 0.3) is 0 Å². The van der Waals surface area contributed by atoms with E-state index >= 15 is 0 Å². The molecule has 1 aromatic carbocycles. The third kappa shape index (κ3) is 7.71. The fourth-order valence-electron chi connectivity index (χ4n) is 3.55. The van der Waals surface area contributed by atoms with Crippen LogP contribution < -0.4 is 10.2 Å². The second kappa shape index (κ2) is 12.9. The summed E-state index contributed by atoms with van der Waals surface area (Å²) < 4.78 is 11.9. The number of ether oxygens (including phenoxy) is 2. The van der Waals surface area contributed by atoms with Gasteiger partial charge in [0.1, 0.15) is 5.76 Å². The minimum atomic E-state index is 0.517. The lowest BCUT2D eigenvalue weighted by atomic mass is 10.1. The summed E-state index contributed by atoms with van der Waals surface area (Å²) in [4.78, 5) is 13.6. The third-order valence-electron chi connectivity index (χ3n) is 5.52. The number of anilines is 3. The van der Waals surface area contributed by atoms with E-state index in [1.807, 2.05) is 32.1 Å². The van der Waals surface area contributed by atoms with Crippen LogP contribution in [0.3, 0.4) is 0 Å². The van der Waals surface area contributed by atoms with Crippen LogP contribution >= 0.6 is 0 Å². The van der Waals surface area contributed by atoms with Gasteiger partial charge in [0.2, 0.25) is 5.95 Å². The van der Waals surface area contributed by atoms with E-state index in [1.165, 1.54) is 0 Å². The molecule has 7 heteroatoms. The maximum atomic E-state index is 5.99. The molecule has 1 aliphatic heterocycles. The summed E-state index contributed by atoms with van der Waals surface area (Å²) in [6.45, 7) is 7.59. The number of aromatic nitrogens is 2. The molecule has 182 valence electrons.